The molecule has 10 heteroatoms. The number of alkyl halides is 6. The first-order valence-corrected chi connectivity index (χ1v) is 4.73. The average molecular weight is 282 g/mol. The number of hydrogen-bond donors (Lipinski definition) is 0. The number of benzene rings is 1. The molecule has 0 spiro atoms. The van der Waals surface area contributed by atoms with Crippen molar-refractivity contribution in [1.82, 2.24) is 20.2 Å². The summed E-state index contributed by atoms with van der Waals surface area (Å²) in [6.07, 6.45) is -9.53. The van der Waals surface area contributed by atoms with Gasteiger partial charge in [0.05, 0.1) is 11.3 Å². The molecule has 0 unspecified atom stereocenters. The van der Waals surface area contributed by atoms with Gasteiger partial charge in [0.25, 0.3) is 5.82 Å². The third kappa shape index (κ3) is 2.66. The zero-order chi connectivity index (χ0) is 14.3. The molecule has 0 bridgehead atoms. The summed E-state index contributed by atoms with van der Waals surface area (Å²) >= 11 is 0. The molecular formula is C9H4F6N4. The van der Waals surface area contributed by atoms with Gasteiger partial charge < -0.3 is 0 Å². The lowest BCUT2D eigenvalue weighted by molar-refractivity contribution is -0.146. The molecular weight excluding hydrogens is 278 g/mol. The van der Waals surface area contributed by atoms with Crippen LogP contribution in [-0.4, -0.2) is 20.2 Å². The highest BCUT2D eigenvalue weighted by atomic mass is 19.4. The summed E-state index contributed by atoms with van der Waals surface area (Å²) in [6, 6.07) is 3.29. The number of halogens is 6. The van der Waals surface area contributed by atoms with Gasteiger partial charge in [0.15, 0.2) is 0 Å². The van der Waals surface area contributed by atoms with Crippen molar-refractivity contribution in [3.8, 4) is 5.69 Å². The van der Waals surface area contributed by atoms with E-state index in [4.69, 9.17) is 0 Å². The molecule has 19 heavy (non-hydrogen) atoms. The van der Waals surface area contributed by atoms with Crippen molar-refractivity contribution in [2.75, 3.05) is 0 Å². The van der Waals surface area contributed by atoms with Crippen molar-refractivity contribution < 1.29 is 26.3 Å². The van der Waals surface area contributed by atoms with Gasteiger partial charge in [-0.05, 0) is 28.6 Å². The third-order valence-corrected chi connectivity index (χ3v) is 2.14. The Morgan fingerprint density at radius 3 is 2.21 bits per heavy atom. The maximum atomic E-state index is 12.5. The molecule has 1 aromatic carbocycles. The Labute approximate surface area is 101 Å². The minimum atomic E-state index is -4.86. The van der Waals surface area contributed by atoms with Crippen LogP contribution >= 0.6 is 0 Å². The van der Waals surface area contributed by atoms with Crippen molar-refractivity contribution in [1.29, 1.82) is 0 Å². The normalized spacial score (nSPS) is 12.7. The Morgan fingerprint density at radius 1 is 0.947 bits per heavy atom. The van der Waals surface area contributed by atoms with Gasteiger partial charge in [0, 0.05) is 0 Å². The molecule has 0 radical (unpaired) electrons. The van der Waals surface area contributed by atoms with E-state index in [0.717, 1.165) is 18.2 Å². The van der Waals surface area contributed by atoms with Gasteiger partial charge in [0.1, 0.15) is 0 Å². The monoisotopic (exact) mass is 282 g/mol. The summed E-state index contributed by atoms with van der Waals surface area (Å²) < 4.78 is 75.1. The second-order valence-corrected chi connectivity index (χ2v) is 3.46. The predicted molar refractivity (Wildman–Crippen MR) is 49.2 cm³/mol. The van der Waals surface area contributed by atoms with Crippen LogP contribution in [0.3, 0.4) is 0 Å². The zero-order valence-electron chi connectivity index (χ0n) is 8.87. The van der Waals surface area contributed by atoms with E-state index in [2.05, 4.69) is 15.5 Å². The third-order valence-electron chi connectivity index (χ3n) is 2.14. The molecule has 1 aromatic heterocycles. The molecule has 0 fully saturated rings. The fourth-order valence-electron chi connectivity index (χ4n) is 1.35. The fourth-order valence-corrected chi connectivity index (χ4v) is 1.35. The molecule has 0 aliphatic heterocycles. The van der Waals surface area contributed by atoms with Crippen LogP contribution in [0.5, 0.6) is 0 Å². The lowest BCUT2D eigenvalue weighted by atomic mass is 10.2. The highest BCUT2D eigenvalue weighted by Crippen LogP contribution is 2.32. The molecule has 0 N–H and O–H groups in total. The Bertz CT molecular complexity index is 585. The van der Waals surface area contributed by atoms with Crippen molar-refractivity contribution in [3.05, 3.63) is 35.7 Å². The number of hydrogen-bond acceptors (Lipinski definition) is 3. The molecule has 0 amide bonds. The van der Waals surface area contributed by atoms with Crippen LogP contribution in [0.2, 0.25) is 0 Å². The van der Waals surface area contributed by atoms with Crippen LogP contribution < -0.4 is 0 Å². The smallest absolute Gasteiger partial charge is 0.189 e. The molecule has 102 valence electrons. The molecule has 0 aliphatic carbocycles. The number of nitrogens with zero attached hydrogens (tertiary/aromatic N) is 4. The first-order chi connectivity index (χ1) is 8.69. The van der Waals surface area contributed by atoms with Crippen molar-refractivity contribution in [2.45, 2.75) is 12.4 Å². The van der Waals surface area contributed by atoms with E-state index in [1.165, 1.54) is 0 Å². The molecule has 0 saturated heterocycles. The van der Waals surface area contributed by atoms with Gasteiger partial charge in [-0.3, -0.25) is 0 Å². The quantitative estimate of drug-likeness (QED) is 0.755. The summed E-state index contributed by atoms with van der Waals surface area (Å²) in [7, 11) is 0. The second kappa shape index (κ2) is 4.21. The Hall–Kier alpha value is -2.13. The minimum absolute atomic E-state index is 0.204. The van der Waals surface area contributed by atoms with Crippen LogP contribution in [0.15, 0.2) is 24.3 Å². The molecule has 0 atom stereocenters. The van der Waals surface area contributed by atoms with Crippen LogP contribution in [-0.2, 0) is 12.4 Å². The molecule has 1 heterocycles. The number of tetrazole rings is 1. The summed E-state index contributed by atoms with van der Waals surface area (Å²) in [6.45, 7) is 0. The van der Waals surface area contributed by atoms with Gasteiger partial charge in [-0.1, -0.05) is 6.07 Å². The summed E-state index contributed by atoms with van der Waals surface area (Å²) in [5.74, 6) is -1.49. The van der Waals surface area contributed by atoms with E-state index in [0.29, 0.717) is 6.07 Å². The largest absolute Gasteiger partial charge is 0.453 e. The Kier molecular flexibility index (Phi) is 2.95. The molecule has 4 nitrogen and oxygen atoms in total. The van der Waals surface area contributed by atoms with E-state index in [-0.39, 0.29) is 4.68 Å². The summed E-state index contributed by atoms with van der Waals surface area (Å²) in [4.78, 5) is 0. The van der Waals surface area contributed by atoms with Gasteiger partial charge >= 0.3 is 12.4 Å². The maximum absolute atomic E-state index is 12.5. The predicted octanol–water partition coefficient (Wildman–Crippen LogP) is 2.70. The molecule has 2 aromatic rings. The van der Waals surface area contributed by atoms with Crippen LogP contribution in [0, 0.1) is 0 Å². The SMILES string of the molecule is FC(F)(F)c1cccc(-n2nnnc2C(F)(F)F)c1. The van der Waals surface area contributed by atoms with E-state index in [9.17, 15) is 26.3 Å². The summed E-state index contributed by atoms with van der Waals surface area (Å²) in [5, 5.41) is 8.61. The molecule has 0 aliphatic rings. The van der Waals surface area contributed by atoms with Crippen molar-refractivity contribution in [2.24, 2.45) is 0 Å². The van der Waals surface area contributed by atoms with Gasteiger partial charge in [-0.25, -0.2) is 0 Å². The number of rotatable bonds is 1. The zero-order valence-corrected chi connectivity index (χ0v) is 8.87. The fraction of sp³-hybridized carbons (Fsp3) is 0.222. The lowest BCUT2D eigenvalue weighted by Gasteiger charge is -2.10. The van der Waals surface area contributed by atoms with E-state index >= 15 is 0 Å². The Morgan fingerprint density at radius 2 is 1.63 bits per heavy atom. The van der Waals surface area contributed by atoms with E-state index in [1.807, 2.05) is 0 Å². The average Bonchev–Trinajstić information content (AvgIpc) is 2.76. The van der Waals surface area contributed by atoms with Gasteiger partial charge in [-0.2, -0.15) is 31.0 Å². The van der Waals surface area contributed by atoms with Crippen LogP contribution in [0.25, 0.3) is 5.69 Å². The topological polar surface area (TPSA) is 43.6 Å². The van der Waals surface area contributed by atoms with E-state index in [1.54, 1.807) is 0 Å². The Balaban J connectivity index is 2.52. The van der Waals surface area contributed by atoms with E-state index < -0.39 is 29.4 Å². The minimum Gasteiger partial charge on any atom is -0.189 e. The maximum Gasteiger partial charge on any atom is 0.453 e. The van der Waals surface area contributed by atoms with Gasteiger partial charge in [-0.15, -0.1) is 5.10 Å². The van der Waals surface area contributed by atoms with Gasteiger partial charge in [0.2, 0.25) is 0 Å². The van der Waals surface area contributed by atoms with Crippen LogP contribution in [0.1, 0.15) is 11.4 Å². The first kappa shape index (κ1) is 13.3. The highest BCUT2D eigenvalue weighted by Gasteiger charge is 2.39. The molecule has 0 saturated carbocycles. The van der Waals surface area contributed by atoms with Crippen molar-refractivity contribution >= 4 is 0 Å². The number of aromatic nitrogens is 4. The van der Waals surface area contributed by atoms with Crippen LogP contribution in [0.4, 0.5) is 26.3 Å². The second-order valence-electron chi connectivity index (χ2n) is 3.46. The lowest BCUT2D eigenvalue weighted by Crippen LogP contribution is -2.15. The van der Waals surface area contributed by atoms with Crippen molar-refractivity contribution in [3.63, 3.8) is 0 Å². The highest BCUT2D eigenvalue weighted by molar-refractivity contribution is 5.36. The standard InChI is InChI=1S/C9H4F6N4/c10-8(11,12)5-2-1-3-6(4-5)19-7(9(13,14)15)16-17-18-19/h1-4H. The first-order valence-electron chi connectivity index (χ1n) is 4.73. The molecule has 2 rings (SSSR count). The summed E-state index contributed by atoms with van der Waals surface area (Å²) in [5.41, 5.74) is -1.51.